The van der Waals surface area contributed by atoms with Gasteiger partial charge in [-0.15, -0.1) is 0 Å². The summed E-state index contributed by atoms with van der Waals surface area (Å²) in [7, 11) is 2.18. The molecule has 0 N–H and O–H groups in total. The van der Waals surface area contributed by atoms with Gasteiger partial charge in [0.15, 0.2) is 0 Å². The van der Waals surface area contributed by atoms with Gasteiger partial charge in [-0.3, -0.25) is 0 Å². The first-order chi connectivity index (χ1) is 15.5. The maximum Gasteiger partial charge on any atom is 0.0233 e. The van der Waals surface area contributed by atoms with Gasteiger partial charge in [-0.05, 0) is 62.4 Å². The van der Waals surface area contributed by atoms with Crippen LogP contribution in [0.4, 0.5) is 0 Å². The summed E-state index contributed by atoms with van der Waals surface area (Å²) in [5.74, 6) is 0. The van der Waals surface area contributed by atoms with Gasteiger partial charge in [0.05, 0.1) is 0 Å². The summed E-state index contributed by atoms with van der Waals surface area (Å²) in [6.45, 7) is 27.1. The van der Waals surface area contributed by atoms with E-state index in [-0.39, 0.29) is 0 Å². The van der Waals surface area contributed by atoms with Gasteiger partial charge in [0.2, 0.25) is 0 Å². The molecule has 186 valence electrons. The molecule has 1 heterocycles. The molecule has 2 aromatic rings. The Morgan fingerprint density at radius 1 is 0.688 bits per heavy atom. The Balaban J connectivity index is -0.000000401. The van der Waals surface area contributed by atoms with E-state index in [0.717, 1.165) is 13.0 Å². The first-order valence-electron chi connectivity index (χ1n) is 13.4. The smallest absolute Gasteiger partial charge is 0.0233 e. The van der Waals surface area contributed by atoms with Crippen molar-refractivity contribution in [3.8, 4) is 0 Å². The van der Waals surface area contributed by atoms with E-state index in [9.17, 15) is 0 Å². The van der Waals surface area contributed by atoms with Gasteiger partial charge in [-0.1, -0.05) is 123 Å². The van der Waals surface area contributed by atoms with E-state index in [1.54, 1.807) is 5.56 Å². The first-order valence-corrected chi connectivity index (χ1v) is 13.4. The lowest BCUT2D eigenvalue weighted by atomic mass is 9.98. The molecule has 1 nitrogen and oxygen atoms in total. The van der Waals surface area contributed by atoms with E-state index in [0.29, 0.717) is 0 Å². The van der Waals surface area contributed by atoms with Gasteiger partial charge in [0.25, 0.3) is 0 Å². The van der Waals surface area contributed by atoms with Gasteiger partial charge in [0, 0.05) is 13.1 Å². The molecule has 1 aliphatic heterocycles. The van der Waals surface area contributed by atoms with E-state index in [1.807, 2.05) is 55.4 Å². The molecule has 1 aliphatic rings. The van der Waals surface area contributed by atoms with E-state index in [1.165, 1.54) is 53.6 Å². The van der Waals surface area contributed by atoms with Gasteiger partial charge in [-0.2, -0.15) is 0 Å². The predicted molar refractivity (Wildman–Crippen MR) is 151 cm³/mol. The van der Waals surface area contributed by atoms with Crippen LogP contribution in [-0.2, 0) is 25.8 Å². The zero-order valence-corrected chi connectivity index (χ0v) is 24.2. The van der Waals surface area contributed by atoms with Crippen molar-refractivity contribution in [2.75, 3.05) is 13.6 Å². The molecule has 0 amide bonds. The zero-order chi connectivity index (χ0) is 25.5. The third-order valence-corrected chi connectivity index (χ3v) is 4.83. The van der Waals surface area contributed by atoms with Crippen molar-refractivity contribution < 1.29 is 0 Å². The van der Waals surface area contributed by atoms with Crippen molar-refractivity contribution >= 4 is 0 Å². The SMILES string of the molecule is CC.CC.CC.CC.CCCc1ccc(C)cc1CC.Cc1ccc2c(c1)CCN(C)C2. The van der Waals surface area contributed by atoms with Crippen LogP contribution in [0.15, 0.2) is 36.4 Å². The Morgan fingerprint density at radius 3 is 1.75 bits per heavy atom. The molecule has 0 saturated carbocycles. The summed E-state index contributed by atoms with van der Waals surface area (Å²) < 4.78 is 0. The van der Waals surface area contributed by atoms with Crippen molar-refractivity contribution in [2.24, 2.45) is 0 Å². The fraction of sp³-hybridized carbons (Fsp3) is 0.613. The minimum atomic E-state index is 1.12. The maximum atomic E-state index is 2.37. The van der Waals surface area contributed by atoms with Crippen LogP contribution in [0.2, 0.25) is 0 Å². The molecule has 0 aliphatic carbocycles. The molecule has 3 rings (SSSR count). The van der Waals surface area contributed by atoms with Crippen molar-refractivity contribution in [3.63, 3.8) is 0 Å². The Kier molecular flexibility index (Phi) is 26.3. The number of fused-ring (bicyclic) bond motifs is 1. The van der Waals surface area contributed by atoms with Gasteiger partial charge < -0.3 is 4.90 Å². The number of nitrogens with zero attached hydrogens (tertiary/aromatic N) is 1. The molecule has 32 heavy (non-hydrogen) atoms. The van der Waals surface area contributed by atoms with Crippen LogP contribution in [0.3, 0.4) is 0 Å². The molecule has 0 saturated heterocycles. The lowest BCUT2D eigenvalue weighted by Gasteiger charge is -2.24. The number of likely N-dealkylation sites (N-methyl/N-ethyl adjacent to an activating group) is 1. The van der Waals surface area contributed by atoms with Crippen molar-refractivity contribution in [1.29, 1.82) is 0 Å². The van der Waals surface area contributed by atoms with Crippen LogP contribution in [0.25, 0.3) is 0 Å². The molecule has 0 unspecified atom stereocenters. The second-order valence-corrected chi connectivity index (χ2v) is 7.14. The molecule has 0 fully saturated rings. The number of hydrogen-bond acceptors (Lipinski definition) is 1. The highest BCUT2D eigenvalue weighted by Gasteiger charge is 2.11. The Bertz CT molecular complexity index is 620. The first kappa shape index (κ1) is 35.0. The Labute approximate surface area is 203 Å². The quantitative estimate of drug-likeness (QED) is 0.456. The minimum absolute atomic E-state index is 1.12. The summed E-state index contributed by atoms with van der Waals surface area (Å²) in [6, 6.07) is 13.6. The largest absolute Gasteiger partial charge is 0.302 e. The van der Waals surface area contributed by atoms with E-state index < -0.39 is 0 Å². The van der Waals surface area contributed by atoms with Crippen LogP contribution in [-0.4, -0.2) is 18.5 Å². The molecule has 0 spiro atoms. The molecular weight excluding hydrogens is 386 g/mol. The topological polar surface area (TPSA) is 3.24 Å². The van der Waals surface area contributed by atoms with Gasteiger partial charge in [0.1, 0.15) is 0 Å². The molecule has 0 bridgehead atoms. The standard InChI is InChI=1S/C12H18.C11H15N.4C2H6/c1-4-6-12-8-7-10(3)9-11(12)5-2;1-9-3-4-11-8-12(2)6-5-10(11)7-9;4*1-2/h7-9H,4-6H2,1-3H3;3-4,7H,5-6,8H2,1-2H3;4*1-2H3. The predicted octanol–water partition coefficient (Wildman–Crippen LogP) is 9.60. The monoisotopic (exact) mass is 443 g/mol. The Morgan fingerprint density at radius 2 is 1.22 bits per heavy atom. The fourth-order valence-electron chi connectivity index (χ4n) is 3.42. The number of hydrogen-bond donors (Lipinski definition) is 0. The normalized spacial score (nSPS) is 11.2. The maximum absolute atomic E-state index is 2.37. The summed E-state index contributed by atoms with van der Waals surface area (Å²) in [5, 5.41) is 0. The highest BCUT2D eigenvalue weighted by Crippen LogP contribution is 2.18. The molecule has 2 aromatic carbocycles. The minimum Gasteiger partial charge on any atom is -0.302 e. The Hall–Kier alpha value is -1.60. The zero-order valence-electron chi connectivity index (χ0n) is 24.2. The molecule has 0 atom stereocenters. The summed E-state index contributed by atoms with van der Waals surface area (Å²) >= 11 is 0. The molecular formula is C31H57N. The van der Waals surface area contributed by atoms with Crippen LogP contribution in [0.1, 0.15) is 109 Å². The number of benzene rings is 2. The molecule has 0 aromatic heterocycles. The summed E-state index contributed by atoms with van der Waals surface area (Å²) in [5.41, 5.74) is 8.88. The highest BCUT2D eigenvalue weighted by molar-refractivity contribution is 5.33. The fourth-order valence-corrected chi connectivity index (χ4v) is 3.42. The van der Waals surface area contributed by atoms with Crippen LogP contribution < -0.4 is 0 Å². The van der Waals surface area contributed by atoms with E-state index >= 15 is 0 Å². The van der Waals surface area contributed by atoms with Crippen molar-refractivity contribution in [2.45, 2.75) is 115 Å². The van der Waals surface area contributed by atoms with E-state index in [2.05, 4.69) is 76.0 Å². The third-order valence-electron chi connectivity index (χ3n) is 4.83. The lowest BCUT2D eigenvalue weighted by Crippen LogP contribution is -2.26. The third kappa shape index (κ3) is 14.5. The number of rotatable bonds is 3. The lowest BCUT2D eigenvalue weighted by molar-refractivity contribution is 0.313. The van der Waals surface area contributed by atoms with Gasteiger partial charge >= 0.3 is 0 Å². The van der Waals surface area contributed by atoms with Crippen LogP contribution in [0, 0.1) is 13.8 Å². The van der Waals surface area contributed by atoms with E-state index in [4.69, 9.17) is 0 Å². The highest BCUT2D eigenvalue weighted by atomic mass is 15.1. The molecule has 0 radical (unpaired) electrons. The summed E-state index contributed by atoms with van der Waals surface area (Å²) in [6.07, 6.45) is 4.85. The second kappa shape index (κ2) is 24.1. The van der Waals surface area contributed by atoms with Crippen LogP contribution >= 0.6 is 0 Å². The average Bonchev–Trinajstić information content (AvgIpc) is 2.86. The van der Waals surface area contributed by atoms with Crippen molar-refractivity contribution in [1.82, 2.24) is 4.90 Å². The average molecular weight is 444 g/mol. The van der Waals surface area contributed by atoms with Crippen LogP contribution in [0.5, 0.6) is 0 Å². The molecule has 1 heteroatoms. The van der Waals surface area contributed by atoms with Gasteiger partial charge in [-0.25, -0.2) is 0 Å². The summed E-state index contributed by atoms with van der Waals surface area (Å²) in [4.78, 5) is 2.37. The number of aryl methyl sites for hydroxylation is 4. The van der Waals surface area contributed by atoms with Crippen molar-refractivity contribution in [3.05, 3.63) is 69.8 Å². The second-order valence-electron chi connectivity index (χ2n) is 7.14.